The lowest BCUT2D eigenvalue weighted by Gasteiger charge is -2.24. The van der Waals surface area contributed by atoms with Gasteiger partial charge in [-0.05, 0) is 95.9 Å². The number of sulfonamides is 1. The zero-order valence-corrected chi connectivity index (χ0v) is 45.3. The standard InChI is InChI=1S/C57H60F4N3O6S3/c1-12-57(10,11)56(65)69-27-28-71-54-48(58)50(60)55(51(61)49(54)59)73(67,68)64-72(66)46-22-14-13-17-43(46)47-41-25-23-35(62-52-37(31(2)3)18-15-19-38(52)32(4)5)29-44(41)70-45-30-36(24-26-42(45)47)63-53-39(33(6)7)20-16-21-40(53)34(8)9/h13-26,29-34H,12,27-28H2,1-11H3,(H,62,63)/q-1/p+1. The molecule has 1 unspecified atom stereocenters. The summed E-state index contributed by atoms with van der Waals surface area (Å²) >= 11 is 0.294. The Bertz CT molecular complexity index is 3330. The van der Waals surface area contributed by atoms with Crippen LogP contribution in [0.2, 0.25) is 0 Å². The maximum atomic E-state index is 15.7. The van der Waals surface area contributed by atoms with Crippen molar-refractivity contribution in [3.05, 3.63) is 152 Å². The molecule has 7 rings (SSSR count). The Morgan fingerprint density at radius 1 is 0.753 bits per heavy atom. The minimum atomic E-state index is -5.70. The number of hydrogen-bond acceptors (Lipinski definition) is 8. The van der Waals surface area contributed by atoms with Crippen molar-refractivity contribution in [2.75, 3.05) is 17.7 Å². The number of halogens is 4. The Hall–Kier alpha value is -5.81. The first-order valence-corrected chi connectivity index (χ1v) is 27.8. The fourth-order valence-electron chi connectivity index (χ4n) is 8.57. The van der Waals surface area contributed by atoms with E-state index in [4.69, 9.17) is 9.15 Å². The summed E-state index contributed by atoms with van der Waals surface area (Å²) in [6.45, 7) is 21.8. The minimum absolute atomic E-state index is 0.182. The van der Waals surface area contributed by atoms with E-state index in [1.807, 2.05) is 36.4 Å². The lowest BCUT2D eigenvalue weighted by Crippen LogP contribution is -2.71. The average Bonchev–Trinajstić information content (AvgIpc) is 3.34. The smallest absolute Gasteiger partial charge is 0.311 e. The van der Waals surface area contributed by atoms with Crippen molar-refractivity contribution < 1.29 is 49.1 Å². The molecule has 1 heterocycles. The number of benzene rings is 6. The van der Waals surface area contributed by atoms with Gasteiger partial charge in [-0.3, -0.25) is 9.00 Å². The van der Waals surface area contributed by atoms with Crippen LogP contribution >= 0.6 is 11.8 Å². The lowest BCUT2D eigenvalue weighted by molar-refractivity contribution is -0.404. The first-order valence-electron chi connectivity index (χ1n) is 24.3. The number of para-hydroxylation sites is 2. The van der Waals surface area contributed by atoms with Gasteiger partial charge in [-0.15, -0.1) is 11.8 Å². The van der Waals surface area contributed by atoms with E-state index >= 15 is 17.6 Å². The summed E-state index contributed by atoms with van der Waals surface area (Å²) in [5, 5.41) is 4.91. The van der Waals surface area contributed by atoms with Crippen LogP contribution in [0.1, 0.15) is 129 Å². The Morgan fingerprint density at radius 3 is 1.90 bits per heavy atom. The van der Waals surface area contributed by atoms with E-state index in [2.05, 4.69) is 106 Å². The predicted molar refractivity (Wildman–Crippen MR) is 284 cm³/mol. The number of rotatable bonds is 18. The number of ether oxygens (including phenoxy) is 1. The molecule has 0 bridgehead atoms. The van der Waals surface area contributed by atoms with E-state index in [-0.39, 0.29) is 46.5 Å². The van der Waals surface area contributed by atoms with Crippen molar-refractivity contribution >= 4 is 66.8 Å². The Kier molecular flexibility index (Phi) is 16.8. The zero-order chi connectivity index (χ0) is 53.3. The molecule has 0 saturated carbocycles. The molecule has 0 aromatic heterocycles. The molecule has 73 heavy (non-hydrogen) atoms. The third-order valence-corrected chi connectivity index (χ3v) is 16.9. The number of hydrogen-bond donors (Lipinski definition) is 2. The van der Waals surface area contributed by atoms with Gasteiger partial charge in [-0.2, -0.15) is 0 Å². The number of esters is 1. The van der Waals surface area contributed by atoms with Gasteiger partial charge in [0.05, 0.1) is 16.4 Å². The molecule has 0 spiro atoms. The molecule has 16 heteroatoms. The number of thioether (sulfide) groups is 1. The van der Waals surface area contributed by atoms with E-state index in [0.29, 0.717) is 57.1 Å². The molecular weight excluding hydrogens is 995 g/mol. The normalized spacial score (nSPS) is 13.1. The van der Waals surface area contributed by atoms with Crippen molar-refractivity contribution in [2.45, 2.75) is 121 Å². The number of fused-ring (bicyclic) bond motifs is 2. The molecule has 2 aliphatic rings. The van der Waals surface area contributed by atoms with Gasteiger partial charge in [-0.1, -0.05) is 117 Å². The lowest BCUT2D eigenvalue weighted by atomic mass is 9.91. The van der Waals surface area contributed by atoms with E-state index in [0.717, 1.165) is 33.6 Å². The molecule has 386 valence electrons. The fraction of sp³-hybridized carbons (Fsp3) is 0.333. The van der Waals surface area contributed by atoms with Crippen LogP contribution < -0.4 is 15.7 Å². The minimum Gasteiger partial charge on any atom is -0.464 e. The number of carbonyl (C=O) groups is 1. The van der Waals surface area contributed by atoms with E-state index < -0.39 is 65.5 Å². The predicted octanol–water partition coefficient (Wildman–Crippen LogP) is 14.2. The summed E-state index contributed by atoms with van der Waals surface area (Å²) in [4.78, 5) is 12.6. The fourth-order valence-corrected chi connectivity index (χ4v) is 11.9. The van der Waals surface area contributed by atoms with Crippen molar-refractivity contribution in [1.82, 2.24) is 0 Å². The quantitative estimate of drug-likeness (QED) is 0.0217. The molecule has 2 N–H and O–H groups in total. The van der Waals surface area contributed by atoms with Crippen LogP contribution in [-0.4, -0.2) is 31.0 Å². The van der Waals surface area contributed by atoms with Crippen LogP contribution in [-0.2, 0) is 30.5 Å². The van der Waals surface area contributed by atoms with Gasteiger partial charge >= 0.3 is 5.97 Å². The molecule has 1 aliphatic heterocycles. The summed E-state index contributed by atoms with van der Waals surface area (Å²) < 4.78 is 120. The summed E-state index contributed by atoms with van der Waals surface area (Å²) in [5.41, 5.74) is 7.99. The maximum Gasteiger partial charge on any atom is 0.311 e. The van der Waals surface area contributed by atoms with Crippen LogP contribution in [0, 0.1) is 28.7 Å². The molecule has 9 nitrogen and oxygen atoms in total. The molecule has 1 aliphatic carbocycles. The van der Waals surface area contributed by atoms with E-state index in [9.17, 15) is 17.4 Å². The van der Waals surface area contributed by atoms with Gasteiger partial charge in [-0.25, -0.2) is 31.0 Å². The maximum absolute atomic E-state index is 15.7. The number of carbonyl (C=O) groups excluding carboxylic acids is 1. The van der Waals surface area contributed by atoms with E-state index in [1.54, 1.807) is 32.9 Å². The second kappa shape index (κ2) is 22.3. The largest absolute Gasteiger partial charge is 0.464 e. The number of anilines is 2. The molecule has 0 fully saturated rings. The molecule has 5 aromatic carbocycles. The molecule has 5 aromatic rings. The molecular formula is C57H61F4N3O6S3. The van der Waals surface area contributed by atoms with E-state index in [1.165, 1.54) is 12.1 Å². The van der Waals surface area contributed by atoms with Crippen molar-refractivity contribution in [3.63, 3.8) is 0 Å². The number of nitrogens with zero attached hydrogens (tertiary/aromatic N) is 1. The summed E-state index contributed by atoms with van der Waals surface area (Å²) in [6.07, 6.45) is 0.451. The average molecular weight is 1060 g/mol. The highest BCUT2D eigenvalue weighted by molar-refractivity contribution is 8.09. The van der Waals surface area contributed by atoms with Crippen LogP contribution in [0.4, 0.5) is 34.6 Å². The Balaban J connectivity index is 1.34. The topological polar surface area (TPSA) is 131 Å². The van der Waals surface area contributed by atoms with Gasteiger partial charge in [0, 0.05) is 61.8 Å². The molecule has 0 amide bonds. The van der Waals surface area contributed by atoms with Crippen LogP contribution in [0.25, 0.3) is 37.5 Å². The SMILES string of the molecule is CCC(C)(C)C(=O)OCCSc1c(F)c(F)c(S(=O)(=O)[N-]S(=O)c2ccccc2-c2c3ccc(=[NH+]c4c(C(C)C)cccc4C(C)C)cc-3oc3cc(Nc4c(C(C)C)cccc4C(C)C)ccc23)c(F)c1F. The van der Waals surface area contributed by atoms with Gasteiger partial charge < -0.3 is 18.6 Å². The van der Waals surface area contributed by atoms with Gasteiger partial charge in [0.2, 0.25) is 11.0 Å². The van der Waals surface area contributed by atoms with Crippen molar-refractivity contribution in [3.8, 4) is 22.5 Å². The van der Waals surface area contributed by atoms with Gasteiger partial charge in [0.1, 0.15) is 32.9 Å². The van der Waals surface area contributed by atoms with Crippen molar-refractivity contribution in [1.29, 1.82) is 0 Å². The highest BCUT2D eigenvalue weighted by Crippen LogP contribution is 2.45. The van der Waals surface area contributed by atoms with Crippen LogP contribution in [0.3, 0.4) is 0 Å². The first-order chi connectivity index (χ1) is 34.5. The van der Waals surface area contributed by atoms with Gasteiger partial charge in [0.15, 0.2) is 23.3 Å². The summed E-state index contributed by atoms with van der Waals surface area (Å²) in [7, 11) is -8.65. The molecule has 0 radical (unpaired) electrons. The molecule has 0 saturated heterocycles. The highest BCUT2D eigenvalue weighted by atomic mass is 32.3. The third-order valence-electron chi connectivity index (χ3n) is 13.0. The van der Waals surface area contributed by atoms with Crippen LogP contribution in [0.5, 0.6) is 0 Å². The molecule has 1 atom stereocenters. The Morgan fingerprint density at radius 2 is 1.33 bits per heavy atom. The summed E-state index contributed by atoms with van der Waals surface area (Å²) in [6, 6.07) is 29.7. The second-order valence-corrected chi connectivity index (χ2v) is 23.8. The second-order valence-electron chi connectivity index (χ2n) is 19.8. The number of nitrogens with one attached hydrogen (secondary N) is 2. The highest BCUT2D eigenvalue weighted by Gasteiger charge is 2.32. The Labute approximate surface area is 432 Å². The van der Waals surface area contributed by atoms with Crippen LogP contribution in [0.15, 0.2) is 116 Å². The summed E-state index contributed by atoms with van der Waals surface area (Å²) in [5.74, 6) is -8.17. The van der Waals surface area contributed by atoms with Crippen molar-refractivity contribution in [2.24, 2.45) is 5.41 Å². The monoisotopic (exact) mass is 1060 g/mol. The third kappa shape index (κ3) is 11.5. The zero-order valence-electron chi connectivity index (χ0n) is 42.8. The van der Waals surface area contributed by atoms with Gasteiger partial charge in [0.25, 0.3) is 0 Å². The first kappa shape index (κ1) is 55.0.